The molecule has 7 heteroatoms. The predicted octanol–water partition coefficient (Wildman–Crippen LogP) is 1.71. The van der Waals surface area contributed by atoms with E-state index in [2.05, 4.69) is 0 Å². The molecule has 2 rings (SSSR count). The number of carbonyl (C=O) groups excluding carboxylic acids is 1. The molecule has 1 atom stereocenters. The second-order valence-corrected chi connectivity index (χ2v) is 6.69. The minimum Gasteiger partial charge on any atom is -0.480 e. The van der Waals surface area contributed by atoms with Crippen LogP contribution in [0.4, 0.5) is 10.5 Å². The molecule has 0 aliphatic carbocycles. The molecule has 1 aromatic rings. The van der Waals surface area contributed by atoms with Gasteiger partial charge >= 0.3 is 12.0 Å². The summed E-state index contributed by atoms with van der Waals surface area (Å²) in [5, 5.41) is 16.9. The summed E-state index contributed by atoms with van der Waals surface area (Å²) in [6.45, 7) is 6.22. The van der Waals surface area contributed by atoms with Gasteiger partial charge in [0.2, 0.25) is 0 Å². The number of nitrogen functional groups attached to an aromatic ring is 1. The van der Waals surface area contributed by atoms with Crippen LogP contribution in [0, 0.1) is 10.8 Å². The molecule has 1 aliphatic heterocycles. The van der Waals surface area contributed by atoms with Gasteiger partial charge in [-0.3, -0.25) is 10.3 Å². The van der Waals surface area contributed by atoms with E-state index in [1.807, 2.05) is 20.8 Å². The third-order valence-electron chi connectivity index (χ3n) is 3.90. The molecule has 7 nitrogen and oxygen atoms in total. The van der Waals surface area contributed by atoms with Crippen LogP contribution in [0.2, 0.25) is 0 Å². The lowest BCUT2D eigenvalue weighted by molar-refractivity contribution is -0.145. The van der Waals surface area contributed by atoms with Gasteiger partial charge in [0, 0.05) is 24.3 Å². The summed E-state index contributed by atoms with van der Waals surface area (Å²) in [5.74, 6) is -1.04. The maximum absolute atomic E-state index is 12.6. The fourth-order valence-electron chi connectivity index (χ4n) is 2.83. The second kappa shape index (κ2) is 5.91. The number of rotatable bonds is 4. The highest BCUT2D eigenvalue weighted by molar-refractivity contribution is 5.98. The number of amides is 2. The van der Waals surface area contributed by atoms with Crippen LogP contribution < -0.4 is 10.6 Å². The van der Waals surface area contributed by atoms with Gasteiger partial charge in [-0.1, -0.05) is 20.8 Å². The number of nitrogens with two attached hydrogens (primary N) is 1. The molecular weight excluding hydrogens is 296 g/mol. The Morgan fingerprint density at radius 2 is 1.83 bits per heavy atom. The van der Waals surface area contributed by atoms with Gasteiger partial charge in [-0.05, 0) is 29.7 Å². The van der Waals surface area contributed by atoms with E-state index in [0.717, 1.165) is 0 Å². The summed E-state index contributed by atoms with van der Waals surface area (Å²) in [6, 6.07) is 5.58. The predicted molar refractivity (Wildman–Crippen MR) is 87.8 cm³/mol. The topological polar surface area (TPSA) is 111 Å². The number of benzene rings is 1. The van der Waals surface area contributed by atoms with Crippen LogP contribution in [-0.2, 0) is 4.79 Å². The molecule has 1 aliphatic rings. The molecule has 124 valence electrons. The van der Waals surface area contributed by atoms with Crippen LogP contribution in [-0.4, -0.2) is 47.0 Å². The summed E-state index contributed by atoms with van der Waals surface area (Å²) in [5.41, 5.74) is 6.10. The van der Waals surface area contributed by atoms with Crippen molar-refractivity contribution < 1.29 is 14.7 Å². The molecule has 0 bridgehead atoms. The van der Waals surface area contributed by atoms with E-state index < -0.39 is 17.4 Å². The zero-order valence-corrected chi connectivity index (χ0v) is 13.5. The van der Waals surface area contributed by atoms with E-state index in [0.29, 0.717) is 24.3 Å². The molecular formula is C16H22N4O3. The van der Waals surface area contributed by atoms with E-state index in [9.17, 15) is 14.7 Å². The van der Waals surface area contributed by atoms with E-state index >= 15 is 0 Å². The first-order valence-corrected chi connectivity index (χ1v) is 7.38. The first-order chi connectivity index (χ1) is 10.6. The second-order valence-electron chi connectivity index (χ2n) is 6.69. The van der Waals surface area contributed by atoms with E-state index in [1.54, 1.807) is 29.2 Å². The Morgan fingerprint density at radius 3 is 2.26 bits per heavy atom. The van der Waals surface area contributed by atoms with Gasteiger partial charge in [-0.2, -0.15) is 0 Å². The van der Waals surface area contributed by atoms with Gasteiger partial charge in [0.15, 0.2) is 0 Å². The Balaban J connectivity index is 2.24. The summed E-state index contributed by atoms with van der Waals surface area (Å²) < 4.78 is 0. The number of hydrogen-bond acceptors (Lipinski definition) is 3. The largest absolute Gasteiger partial charge is 0.480 e. The molecule has 0 radical (unpaired) electrons. The van der Waals surface area contributed by atoms with Crippen molar-refractivity contribution in [3.8, 4) is 0 Å². The number of urea groups is 1. The number of aliphatic carboxylic acids is 1. The lowest BCUT2D eigenvalue weighted by atomic mass is 9.86. The number of carbonyl (C=O) groups is 2. The van der Waals surface area contributed by atoms with Gasteiger partial charge in [0.25, 0.3) is 0 Å². The SMILES string of the molecule is CC(C)(C)C(C(=O)O)N1CCN(c2ccc(C(=N)N)cc2)C1=O. The molecule has 0 saturated carbocycles. The van der Waals surface area contributed by atoms with Crippen molar-refractivity contribution in [2.45, 2.75) is 26.8 Å². The molecule has 1 saturated heterocycles. The molecule has 0 spiro atoms. The Hall–Kier alpha value is -2.57. The molecule has 1 fully saturated rings. The van der Waals surface area contributed by atoms with Crippen molar-refractivity contribution in [1.82, 2.24) is 4.90 Å². The summed E-state index contributed by atoms with van der Waals surface area (Å²) in [4.78, 5) is 27.2. The van der Waals surface area contributed by atoms with Crippen LogP contribution in [0.5, 0.6) is 0 Å². The Kier molecular flexibility index (Phi) is 4.31. The number of nitrogens with one attached hydrogen (secondary N) is 1. The zero-order chi connectivity index (χ0) is 17.4. The summed E-state index contributed by atoms with van der Waals surface area (Å²) >= 11 is 0. The van der Waals surface area contributed by atoms with Crippen LogP contribution in [0.3, 0.4) is 0 Å². The number of anilines is 1. The maximum atomic E-state index is 12.6. The van der Waals surface area contributed by atoms with Gasteiger partial charge < -0.3 is 15.7 Å². The molecule has 23 heavy (non-hydrogen) atoms. The average molecular weight is 318 g/mol. The standard InChI is InChI=1S/C16H22N4O3/c1-16(2,3)12(14(21)22)20-9-8-19(15(20)23)11-6-4-10(5-7-11)13(17)18/h4-7,12H,8-9H2,1-3H3,(H3,17,18)(H,21,22). The number of hydrogen-bond donors (Lipinski definition) is 3. The minimum absolute atomic E-state index is 0.0374. The number of carboxylic acids is 1. The fraction of sp³-hybridized carbons (Fsp3) is 0.438. The monoisotopic (exact) mass is 318 g/mol. The van der Waals surface area contributed by atoms with E-state index in [4.69, 9.17) is 11.1 Å². The highest BCUT2D eigenvalue weighted by atomic mass is 16.4. The van der Waals surface area contributed by atoms with Crippen molar-refractivity contribution >= 4 is 23.5 Å². The smallest absolute Gasteiger partial charge is 0.327 e. The third kappa shape index (κ3) is 3.28. The normalized spacial score (nSPS) is 16.6. The maximum Gasteiger partial charge on any atom is 0.327 e. The Labute approximate surface area is 135 Å². The van der Waals surface area contributed by atoms with Crippen molar-refractivity contribution in [2.24, 2.45) is 11.1 Å². The zero-order valence-electron chi connectivity index (χ0n) is 13.5. The third-order valence-corrected chi connectivity index (χ3v) is 3.90. The van der Waals surface area contributed by atoms with Crippen molar-refractivity contribution in [3.05, 3.63) is 29.8 Å². The van der Waals surface area contributed by atoms with Crippen molar-refractivity contribution in [1.29, 1.82) is 5.41 Å². The molecule has 2 amide bonds. The minimum atomic E-state index is -1.00. The lowest BCUT2D eigenvalue weighted by Gasteiger charge is -2.34. The molecule has 1 aromatic carbocycles. The van der Waals surface area contributed by atoms with Gasteiger partial charge in [0.05, 0.1) is 0 Å². The highest BCUT2D eigenvalue weighted by Gasteiger charge is 2.43. The van der Waals surface area contributed by atoms with E-state index in [-0.39, 0.29) is 11.9 Å². The number of amidine groups is 1. The number of nitrogens with zero attached hydrogens (tertiary/aromatic N) is 2. The van der Waals surface area contributed by atoms with Crippen LogP contribution in [0.25, 0.3) is 0 Å². The molecule has 4 N–H and O–H groups in total. The van der Waals surface area contributed by atoms with Crippen LogP contribution in [0.15, 0.2) is 24.3 Å². The van der Waals surface area contributed by atoms with Gasteiger partial charge in [0.1, 0.15) is 11.9 Å². The fourth-order valence-corrected chi connectivity index (χ4v) is 2.83. The van der Waals surface area contributed by atoms with Crippen LogP contribution >= 0.6 is 0 Å². The highest BCUT2D eigenvalue weighted by Crippen LogP contribution is 2.29. The van der Waals surface area contributed by atoms with Crippen molar-refractivity contribution in [3.63, 3.8) is 0 Å². The molecule has 1 unspecified atom stereocenters. The van der Waals surface area contributed by atoms with Crippen LogP contribution in [0.1, 0.15) is 26.3 Å². The quantitative estimate of drug-likeness (QED) is 0.579. The van der Waals surface area contributed by atoms with Crippen molar-refractivity contribution in [2.75, 3.05) is 18.0 Å². The molecule has 0 aromatic heterocycles. The number of carboxylic acid groups (broad SMARTS) is 1. The van der Waals surface area contributed by atoms with Gasteiger partial charge in [-0.25, -0.2) is 9.59 Å². The average Bonchev–Trinajstić information content (AvgIpc) is 2.79. The Bertz CT molecular complexity index is 634. The summed E-state index contributed by atoms with van der Waals surface area (Å²) in [6.07, 6.45) is 0. The first kappa shape index (κ1) is 16.8. The van der Waals surface area contributed by atoms with E-state index in [1.165, 1.54) is 4.90 Å². The first-order valence-electron chi connectivity index (χ1n) is 7.38. The molecule has 1 heterocycles. The summed E-state index contributed by atoms with van der Waals surface area (Å²) in [7, 11) is 0. The Morgan fingerprint density at radius 1 is 1.26 bits per heavy atom. The lowest BCUT2D eigenvalue weighted by Crippen LogP contribution is -2.51. The van der Waals surface area contributed by atoms with Gasteiger partial charge in [-0.15, -0.1) is 0 Å².